The van der Waals surface area contributed by atoms with Gasteiger partial charge in [0.2, 0.25) is 0 Å². The molecule has 30 heavy (non-hydrogen) atoms. The Morgan fingerprint density at radius 2 is 1.77 bits per heavy atom. The highest BCUT2D eigenvalue weighted by atomic mass is 32.2. The second-order valence-electron chi connectivity index (χ2n) is 9.03. The maximum Gasteiger partial charge on any atom is 0.264 e. The van der Waals surface area contributed by atoms with Gasteiger partial charge in [-0.3, -0.25) is 9.59 Å². The van der Waals surface area contributed by atoms with Crippen LogP contribution in [0.2, 0.25) is 0 Å². The summed E-state index contributed by atoms with van der Waals surface area (Å²) >= 11 is 6.38. The topological polar surface area (TPSA) is 49.4 Å². The van der Waals surface area contributed by atoms with Crippen LogP contribution in [0.25, 0.3) is 5.57 Å². The van der Waals surface area contributed by atoms with Crippen LogP contribution < -0.4 is 10.2 Å². The fourth-order valence-electron chi connectivity index (χ4n) is 5.38. The molecule has 2 aromatic carbocycles. The van der Waals surface area contributed by atoms with Gasteiger partial charge < -0.3 is 10.2 Å². The number of hydrogen-bond acceptors (Lipinski definition) is 4. The molecule has 3 aliphatic rings. The third-order valence-corrected chi connectivity index (χ3v) is 7.75. The van der Waals surface area contributed by atoms with Gasteiger partial charge in [0.15, 0.2) is 0 Å². The Hall–Kier alpha value is -2.44. The van der Waals surface area contributed by atoms with Crippen molar-refractivity contribution in [2.45, 2.75) is 45.1 Å². The van der Waals surface area contributed by atoms with Crippen LogP contribution in [-0.4, -0.2) is 21.7 Å². The SMILES string of the molecule is Cc1ccc2c3c1C(=C1SC(=S)NC1=O)C(=O)N3C(C)(C)CC2(C)c1ccccc1. The Kier molecular flexibility index (Phi) is 4.09. The summed E-state index contributed by atoms with van der Waals surface area (Å²) in [6.45, 7) is 8.49. The molecule has 4 nitrogen and oxygen atoms in total. The van der Waals surface area contributed by atoms with E-state index in [2.05, 4.69) is 62.5 Å². The zero-order valence-electron chi connectivity index (χ0n) is 17.3. The van der Waals surface area contributed by atoms with Crippen molar-refractivity contribution < 1.29 is 9.59 Å². The van der Waals surface area contributed by atoms with E-state index in [4.69, 9.17) is 12.2 Å². The molecule has 3 aliphatic heterocycles. The fraction of sp³-hybridized carbons (Fsp3) is 0.292. The molecule has 0 aromatic heterocycles. The first-order chi connectivity index (χ1) is 14.1. The molecule has 6 heteroatoms. The van der Waals surface area contributed by atoms with E-state index in [1.54, 1.807) is 0 Å². The van der Waals surface area contributed by atoms with Crippen LogP contribution >= 0.6 is 24.0 Å². The quantitative estimate of drug-likeness (QED) is 0.523. The molecule has 2 amide bonds. The monoisotopic (exact) mass is 434 g/mol. The lowest BCUT2D eigenvalue weighted by Gasteiger charge is -2.49. The highest BCUT2D eigenvalue weighted by Crippen LogP contribution is 2.57. The molecule has 0 bridgehead atoms. The molecule has 0 aliphatic carbocycles. The van der Waals surface area contributed by atoms with Gasteiger partial charge in [-0.05, 0) is 43.9 Å². The number of anilines is 1. The molecule has 1 saturated heterocycles. The molecule has 5 rings (SSSR count). The predicted molar refractivity (Wildman–Crippen MR) is 126 cm³/mol. The maximum absolute atomic E-state index is 13.8. The normalized spacial score (nSPS) is 26.8. The van der Waals surface area contributed by atoms with E-state index in [0.717, 1.165) is 28.8 Å². The van der Waals surface area contributed by atoms with Crippen LogP contribution in [-0.2, 0) is 15.0 Å². The Morgan fingerprint density at radius 3 is 2.40 bits per heavy atom. The van der Waals surface area contributed by atoms with Gasteiger partial charge in [0, 0.05) is 16.5 Å². The molecule has 2 aromatic rings. The highest BCUT2D eigenvalue weighted by molar-refractivity contribution is 8.27. The average molecular weight is 435 g/mol. The second-order valence-corrected chi connectivity index (χ2v) is 10.7. The van der Waals surface area contributed by atoms with Gasteiger partial charge in [-0.25, -0.2) is 0 Å². The minimum absolute atomic E-state index is 0.108. The van der Waals surface area contributed by atoms with Crippen molar-refractivity contribution >= 4 is 51.4 Å². The largest absolute Gasteiger partial charge is 0.307 e. The van der Waals surface area contributed by atoms with Crippen LogP contribution in [0.5, 0.6) is 0 Å². The van der Waals surface area contributed by atoms with Crippen molar-refractivity contribution in [3.8, 4) is 0 Å². The number of rotatable bonds is 1. The second kappa shape index (κ2) is 6.28. The zero-order valence-corrected chi connectivity index (χ0v) is 19.0. The Morgan fingerprint density at radius 1 is 1.07 bits per heavy atom. The summed E-state index contributed by atoms with van der Waals surface area (Å²) < 4.78 is 0.396. The van der Waals surface area contributed by atoms with Crippen LogP contribution in [0.4, 0.5) is 5.69 Å². The van der Waals surface area contributed by atoms with Crippen molar-refractivity contribution in [2.75, 3.05) is 4.90 Å². The van der Waals surface area contributed by atoms with E-state index < -0.39 is 5.54 Å². The number of nitrogens with one attached hydrogen (secondary N) is 1. The summed E-state index contributed by atoms with van der Waals surface area (Å²) in [4.78, 5) is 28.7. The van der Waals surface area contributed by atoms with Crippen molar-refractivity contribution in [1.29, 1.82) is 0 Å². The lowest BCUT2D eigenvalue weighted by Crippen LogP contribution is -2.54. The van der Waals surface area contributed by atoms with Crippen molar-refractivity contribution in [3.05, 3.63) is 69.6 Å². The van der Waals surface area contributed by atoms with Crippen LogP contribution in [0.1, 0.15) is 49.4 Å². The number of carbonyl (C=O) groups is 2. The fourth-order valence-corrected chi connectivity index (χ4v) is 6.48. The maximum atomic E-state index is 13.8. The molecule has 1 N–H and O–H groups in total. The Labute approximate surface area is 185 Å². The molecule has 0 radical (unpaired) electrons. The molecule has 1 fully saturated rings. The third-order valence-electron chi connectivity index (χ3n) is 6.52. The van der Waals surface area contributed by atoms with Crippen LogP contribution in [0, 0.1) is 6.92 Å². The van der Waals surface area contributed by atoms with Crippen LogP contribution in [0.3, 0.4) is 0 Å². The summed E-state index contributed by atoms with van der Waals surface area (Å²) in [6.07, 6.45) is 0.783. The van der Waals surface area contributed by atoms with Gasteiger partial charge in [-0.1, -0.05) is 73.4 Å². The zero-order chi connectivity index (χ0) is 21.4. The van der Waals surface area contributed by atoms with Crippen molar-refractivity contribution in [3.63, 3.8) is 0 Å². The molecule has 1 unspecified atom stereocenters. The Bertz CT molecular complexity index is 1180. The van der Waals surface area contributed by atoms with Gasteiger partial charge in [0.25, 0.3) is 11.8 Å². The number of carbonyl (C=O) groups excluding carboxylic acids is 2. The third kappa shape index (κ3) is 2.50. The van der Waals surface area contributed by atoms with Gasteiger partial charge in [-0.2, -0.15) is 0 Å². The number of aryl methyl sites for hydroxylation is 1. The summed E-state index contributed by atoms with van der Waals surface area (Å²) in [7, 11) is 0. The molecule has 0 saturated carbocycles. The van der Waals surface area contributed by atoms with E-state index in [-0.39, 0.29) is 17.2 Å². The molecular weight excluding hydrogens is 412 g/mol. The minimum atomic E-state index is -0.417. The molecule has 152 valence electrons. The first-order valence-electron chi connectivity index (χ1n) is 9.97. The molecule has 0 spiro atoms. The number of amides is 2. The number of benzene rings is 2. The smallest absolute Gasteiger partial charge is 0.264 e. The predicted octanol–water partition coefficient (Wildman–Crippen LogP) is 4.69. The van der Waals surface area contributed by atoms with Gasteiger partial charge in [-0.15, -0.1) is 0 Å². The van der Waals surface area contributed by atoms with E-state index >= 15 is 0 Å². The van der Waals surface area contributed by atoms with E-state index in [1.165, 1.54) is 17.3 Å². The first kappa shape index (κ1) is 19.5. The van der Waals surface area contributed by atoms with E-state index in [0.29, 0.717) is 14.8 Å². The minimum Gasteiger partial charge on any atom is -0.307 e. The summed E-state index contributed by atoms with van der Waals surface area (Å²) in [5, 5.41) is 2.67. The summed E-state index contributed by atoms with van der Waals surface area (Å²) in [6, 6.07) is 14.7. The van der Waals surface area contributed by atoms with E-state index in [1.807, 2.05) is 17.9 Å². The highest BCUT2D eigenvalue weighted by Gasteiger charge is 2.54. The lowest BCUT2D eigenvalue weighted by atomic mass is 9.65. The molecular formula is C24H22N2O2S2. The van der Waals surface area contributed by atoms with Gasteiger partial charge in [0.05, 0.1) is 16.2 Å². The summed E-state index contributed by atoms with van der Waals surface area (Å²) in [5.74, 6) is -0.392. The standard InChI is InChI=1S/C24H22N2O2S2/c1-13-10-11-15-18-16(13)17(19-20(27)25-22(29)30-19)21(28)26(18)23(2,3)12-24(15,4)14-8-6-5-7-9-14/h5-11H,12H2,1-4H3,(H,25,27,29). The average Bonchev–Trinajstić information content (AvgIpc) is 3.17. The Balaban J connectivity index is 1.86. The first-order valence-corrected chi connectivity index (χ1v) is 11.2. The van der Waals surface area contributed by atoms with Gasteiger partial charge >= 0.3 is 0 Å². The van der Waals surface area contributed by atoms with Crippen LogP contribution in [0.15, 0.2) is 47.4 Å². The van der Waals surface area contributed by atoms with E-state index in [9.17, 15) is 9.59 Å². The summed E-state index contributed by atoms with van der Waals surface area (Å²) in [5.41, 5.74) is 4.98. The van der Waals surface area contributed by atoms with Crippen molar-refractivity contribution in [1.82, 2.24) is 5.32 Å². The number of nitrogens with zero attached hydrogens (tertiary/aromatic N) is 1. The molecule has 1 atom stereocenters. The number of thiocarbonyl (C=S) groups is 1. The lowest BCUT2D eigenvalue weighted by molar-refractivity contribution is -0.116. The van der Waals surface area contributed by atoms with Gasteiger partial charge in [0.1, 0.15) is 4.32 Å². The molecule has 3 heterocycles. The number of hydrogen-bond donors (Lipinski definition) is 1. The number of thioether (sulfide) groups is 1. The van der Waals surface area contributed by atoms with Crippen molar-refractivity contribution in [2.24, 2.45) is 0 Å².